The van der Waals surface area contributed by atoms with Crippen LogP contribution in [-0.2, 0) is 21.3 Å². The van der Waals surface area contributed by atoms with Crippen molar-refractivity contribution in [1.29, 1.82) is 0 Å². The lowest BCUT2D eigenvalue weighted by Crippen LogP contribution is -2.32. The van der Waals surface area contributed by atoms with E-state index < -0.39 is 15.8 Å². The van der Waals surface area contributed by atoms with Crippen LogP contribution < -0.4 is 9.46 Å². The number of nitrogens with zero attached hydrogens (tertiary/aromatic N) is 1. The van der Waals surface area contributed by atoms with Crippen molar-refractivity contribution in [1.82, 2.24) is 9.62 Å². The van der Waals surface area contributed by atoms with Crippen LogP contribution in [0.2, 0.25) is 0 Å². The smallest absolute Gasteiger partial charge is 0.253 e. The molecule has 1 aliphatic rings. The molecule has 0 spiro atoms. The number of benzene rings is 2. The molecule has 0 bridgehead atoms. The predicted octanol–water partition coefficient (Wildman–Crippen LogP) is 2.56. The highest BCUT2D eigenvalue weighted by atomic mass is 32.2. The fourth-order valence-corrected chi connectivity index (χ4v) is 4.31. The maximum absolute atomic E-state index is 13.8. The highest BCUT2D eigenvalue weighted by Crippen LogP contribution is 2.19. The van der Waals surface area contributed by atoms with Gasteiger partial charge in [-0.3, -0.25) is 4.79 Å². The molecule has 0 radical (unpaired) electrons. The first-order valence-electron chi connectivity index (χ1n) is 9.59. The first-order chi connectivity index (χ1) is 14.3. The zero-order valence-corrected chi connectivity index (χ0v) is 17.7. The van der Waals surface area contributed by atoms with E-state index in [2.05, 4.69) is 4.72 Å². The predicted molar refractivity (Wildman–Crippen MR) is 109 cm³/mol. The highest BCUT2D eigenvalue weighted by Gasteiger charge is 2.21. The van der Waals surface area contributed by atoms with Crippen LogP contribution in [0, 0.1) is 5.82 Å². The van der Waals surface area contributed by atoms with E-state index in [1.165, 1.54) is 48.4 Å². The summed E-state index contributed by atoms with van der Waals surface area (Å²) in [4.78, 5) is 14.2. The molecule has 1 atom stereocenters. The van der Waals surface area contributed by atoms with E-state index in [9.17, 15) is 17.6 Å². The number of rotatable bonds is 8. The Labute approximate surface area is 175 Å². The summed E-state index contributed by atoms with van der Waals surface area (Å²) < 4.78 is 51.5. The van der Waals surface area contributed by atoms with Crippen LogP contribution >= 0.6 is 0 Å². The van der Waals surface area contributed by atoms with Gasteiger partial charge in [0, 0.05) is 32.3 Å². The maximum Gasteiger partial charge on any atom is 0.253 e. The minimum absolute atomic E-state index is 0.0805. The van der Waals surface area contributed by atoms with Crippen LogP contribution in [0.1, 0.15) is 28.8 Å². The molecule has 1 saturated heterocycles. The summed E-state index contributed by atoms with van der Waals surface area (Å²) in [6, 6.07) is 10.2. The number of nitrogens with one attached hydrogen (secondary N) is 1. The number of carbonyl (C=O) groups is 1. The molecule has 0 unspecified atom stereocenters. The van der Waals surface area contributed by atoms with Crippen LogP contribution in [0.15, 0.2) is 47.4 Å². The summed E-state index contributed by atoms with van der Waals surface area (Å²) in [5.74, 6) is -0.666. The molecular weight excluding hydrogens is 411 g/mol. The second-order valence-corrected chi connectivity index (χ2v) is 8.91. The zero-order valence-electron chi connectivity index (χ0n) is 16.9. The van der Waals surface area contributed by atoms with Gasteiger partial charge in [-0.25, -0.2) is 17.5 Å². The lowest BCUT2D eigenvalue weighted by atomic mass is 10.1. The summed E-state index contributed by atoms with van der Waals surface area (Å²) in [5, 5.41) is 0. The van der Waals surface area contributed by atoms with Crippen LogP contribution in [0.5, 0.6) is 5.75 Å². The molecule has 0 aromatic heterocycles. The fraction of sp³-hybridized carbons (Fsp3) is 0.381. The first kappa shape index (κ1) is 22.2. The van der Waals surface area contributed by atoms with Crippen molar-refractivity contribution in [2.75, 3.05) is 27.3 Å². The minimum atomic E-state index is -3.68. The number of hydrogen-bond donors (Lipinski definition) is 1. The van der Waals surface area contributed by atoms with Gasteiger partial charge in [0.1, 0.15) is 0 Å². The molecule has 162 valence electrons. The number of ether oxygens (including phenoxy) is 2. The van der Waals surface area contributed by atoms with E-state index in [1.807, 2.05) is 0 Å². The average molecular weight is 437 g/mol. The number of sulfonamides is 1. The Morgan fingerprint density at radius 3 is 2.60 bits per heavy atom. The molecule has 1 N–H and O–H groups in total. The second-order valence-electron chi connectivity index (χ2n) is 7.14. The second kappa shape index (κ2) is 9.55. The summed E-state index contributed by atoms with van der Waals surface area (Å²) in [6.45, 7) is 1.08. The summed E-state index contributed by atoms with van der Waals surface area (Å²) in [5.41, 5.74) is 0.950. The topological polar surface area (TPSA) is 84.9 Å². The van der Waals surface area contributed by atoms with Crippen molar-refractivity contribution in [2.24, 2.45) is 0 Å². The van der Waals surface area contributed by atoms with E-state index in [0.717, 1.165) is 12.8 Å². The Bertz CT molecular complexity index is 989. The van der Waals surface area contributed by atoms with Crippen molar-refractivity contribution in [3.8, 4) is 5.75 Å². The molecule has 9 heteroatoms. The Kier molecular flexibility index (Phi) is 7.06. The van der Waals surface area contributed by atoms with Gasteiger partial charge in [-0.1, -0.05) is 6.07 Å². The Morgan fingerprint density at radius 2 is 2.00 bits per heavy atom. The molecule has 1 fully saturated rings. The zero-order chi connectivity index (χ0) is 21.7. The molecule has 2 aromatic rings. The van der Waals surface area contributed by atoms with E-state index in [0.29, 0.717) is 17.7 Å². The highest BCUT2D eigenvalue weighted by molar-refractivity contribution is 7.89. The molecule has 3 rings (SSSR count). The standard InChI is InChI=1S/C21H25FN2O5S/c1-24(14-15-5-10-20(28-2)19(22)12-15)21(25)16-6-8-18(9-7-16)30(26,27)23-13-17-4-3-11-29-17/h5-10,12,17,23H,3-4,11,13-14H2,1-2H3/t17-/m0/s1. The fourth-order valence-electron chi connectivity index (χ4n) is 3.24. The Morgan fingerprint density at radius 1 is 1.27 bits per heavy atom. The third kappa shape index (κ3) is 5.35. The van der Waals surface area contributed by atoms with Crippen LogP contribution in [0.25, 0.3) is 0 Å². The number of hydrogen-bond acceptors (Lipinski definition) is 5. The molecule has 7 nitrogen and oxygen atoms in total. The van der Waals surface area contributed by atoms with Gasteiger partial charge >= 0.3 is 0 Å². The lowest BCUT2D eigenvalue weighted by molar-refractivity contribution is 0.0785. The van der Waals surface area contributed by atoms with Crippen molar-refractivity contribution >= 4 is 15.9 Å². The quantitative estimate of drug-likeness (QED) is 0.688. The normalized spacial score (nSPS) is 16.4. The minimum Gasteiger partial charge on any atom is -0.494 e. The number of carbonyl (C=O) groups excluding carboxylic acids is 1. The van der Waals surface area contributed by atoms with Gasteiger partial charge in [0.25, 0.3) is 5.91 Å². The molecular formula is C21H25FN2O5S. The largest absolute Gasteiger partial charge is 0.494 e. The van der Waals surface area contributed by atoms with Crippen LogP contribution in [0.4, 0.5) is 4.39 Å². The first-order valence-corrected chi connectivity index (χ1v) is 11.1. The number of methoxy groups -OCH3 is 1. The number of amides is 1. The molecule has 0 aliphatic carbocycles. The van der Waals surface area contributed by atoms with Gasteiger partial charge in [-0.2, -0.15) is 0 Å². The van der Waals surface area contributed by atoms with E-state index in [4.69, 9.17) is 9.47 Å². The van der Waals surface area contributed by atoms with Gasteiger partial charge in [-0.15, -0.1) is 0 Å². The van der Waals surface area contributed by atoms with Crippen LogP contribution in [0.3, 0.4) is 0 Å². The van der Waals surface area contributed by atoms with Gasteiger partial charge < -0.3 is 14.4 Å². The van der Waals surface area contributed by atoms with E-state index in [-0.39, 0.29) is 35.7 Å². The molecule has 2 aromatic carbocycles. The monoisotopic (exact) mass is 436 g/mol. The SMILES string of the molecule is COc1ccc(CN(C)C(=O)c2ccc(S(=O)(=O)NC[C@@H]3CCCO3)cc2)cc1F. The van der Waals surface area contributed by atoms with Gasteiger partial charge in [-0.05, 0) is 54.8 Å². The van der Waals surface area contributed by atoms with Crippen molar-refractivity contribution in [3.05, 3.63) is 59.4 Å². The molecule has 0 saturated carbocycles. The molecule has 1 amide bonds. The van der Waals surface area contributed by atoms with Gasteiger partial charge in [0.05, 0.1) is 18.1 Å². The Balaban J connectivity index is 1.62. The third-order valence-corrected chi connectivity index (χ3v) is 6.36. The maximum atomic E-state index is 13.8. The van der Waals surface area contributed by atoms with Crippen molar-refractivity contribution in [2.45, 2.75) is 30.4 Å². The van der Waals surface area contributed by atoms with Crippen molar-refractivity contribution < 1.29 is 27.1 Å². The average Bonchev–Trinajstić information content (AvgIpc) is 3.26. The summed E-state index contributed by atoms with van der Waals surface area (Å²) >= 11 is 0. The Hall–Kier alpha value is -2.49. The number of halogens is 1. The summed E-state index contributed by atoms with van der Waals surface area (Å²) in [6.07, 6.45) is 1.66. The van der Waals surface area contributed by atoms with E-state index >= 15 is 0 Å². The van der Waals surface area contributed by atoms with Crippen LogP contribution in [-0.4, -0.2) is 52.6 Å². The summed E-state index contributed by atoms with van der Waals surface area (Å²) in [7, 11) is -0.699. The molecule has 1 heterocycles. The molecule has 1 aliphatic heterocycles. The molecule has 30 heavy (non-hydrogen) atoms. The van der Waals surface area contributed by atoms with Gasteiger partial charge in [0.15, 0.2) is 11.6 Å². The lowest BCUT2D eigenvalue weighted by Gasteiger charge is -2.18. The van der Waals surface area contributed by atoms with E-state index in [1.54, 1.807) is 13.1 Å². The van der Waals surface area contributed by atoms with Crippen molar-refractivity contribution in [3.63, 3.8) is 0 Å². The van der Waals surface area contributed by atoms with Gasteiger partial charge in [0.2, 0.25) is 10.0 Å². The third-order valence-electron chi connectivity index (χ3n) is 4.92.